The molecule has 0 saturated heterocycles. The number of nitrogens with zero attached hydrogens (tertiary/aromatic N) is 2. The molecule has 1 N–H and O–H groups in total. The fourth-order valence-electron chi connectivity index (χ4n) is 1.74. The number of rotatable bonds is 6. The van der Waals surface area contributed by atoms with Crippen LogP contribution in [-0.4, -0.2) is 28.5 Å². The smallest absolute Gasteiger partial charge is 0.232 e. The van der Waals surface area contributed by atoms with Crippen molar-refractivity contribution in [3.63, 3.8) is 0 Å². The Morgan fingerprint density at radius 1 is 1.35 bits per heavy atom. The van der Waals surface area contributed by atoms with Gasteiger partial charge in [-0.1, -0.05) is 32.9 Å². The van der Waals surface area contributed by atoms with Crippen LogP contribution in [0.15, 0.2) is 4.52 Å². The molecule has 0 radical (unpaired) electrons. The van der Waals surface area contributed by atoms with Gasteiger partial charge in [0.25, 0.3) is 0 Å². The first-order valence-electron chi connectivity index (χ1n) is 6.05. The second kappa shape index (κ2) is 6.12. The third kappa shape index (κ3) is 3.26. The molecular weight excluding hydrogens is 220 g/mol. The highest BCUT2D eigenvalue weighted by atomic mass is 16.5. The van der Waals surface area contributed by atoms with Gasteiger partial charge in [0.2, 0.25) is 11.7 Å². The van der Waals surface area contributed by atoms with E-state index in [1.165, 1.54) is 0 Å². The Morgan fingerprint density at radius 3 is 2.47 bits per heavy atom. The zero-order chi connectivity index (χ0) is 13.0. The molecule has 98 valence electrons. The Bertz CT molecular complexity index is 338. The van der Waals surface area contributed by atoms with Crippen LogP contribution in [0.25, 0.3) is 0 Å². The van der Waals surface area contributed by atoms with Crippen molar-refractivity contribution in [1.82, 2.24) is 10.1 Å². The van der Waals surface area contributed by atoms with Crippen LogP contribution >= 0.6 is 0 Å². The quantitative estimate of drug-likeness (QED) is 0.828. The molecule has 0 fully saturated rings. The lowest BCUT2D eigenvalue weighted by atomic mass is 10.0. The minimum absolute atomic E-state index is 0.147. The van der Waals surface area contributed by atoms with E-state index < -0.39 is 6.10 Å². The molecule has 0 aliphatic heterocycles. The molecule has 0 bridgehead atoms. The van der Waals surface area contributed by atoms with Crippen LogP contribution in [0, 0.1) is 5.92 Å². The molecule has 0 saturated carbocycles. The normalized spacial score (nSPS) is 17.1. The molecule has 5 nitrogen and oxygen atoms in total. The highest BCUT2D eigenvalue weighted by Crippen LogP contribution is 2.25. The third-order valence-electron chi connectivity index (χ3n) is 2.96. The van der Waals surface area contributed by atoms with Crippen LogP contribution in [0.5, 0.6) is 0 Å². The van der Waals surface area contributed by atoms with Crippen LogP contribution in [-0.2, 0) is 4.74 Å². The molecule has 0 aliphatic rings. The fraction of sp³-hybridized carbons (Fsp3) is 0.833. The van der Waals surface area contributed by atoms with Crippen molar-refractivity contribution in [2.45, 2.75) is 52.2 Å². The van der Waals surface area contributed by atoms with Gasteiger partial charge in [-0.15, -0.1) is 0 Å². The summed E-state index contributed by atoms with van der Waals surface area (Å²) in [6.45, 7) is 7.87. The van der Waals surface area contributed by atoms with Crippen molar-refractivity contribution in [3.05, 3.63) is 11.7 Å². The van der Waals surface area contributed by atoms with Gasteiger partial charge >= 0.3 is 0 Å². The predicted octanol–water partition coefficient (Wildman–Crippen LogP) is 2.29. The van der Waals surface area contributed by atoms with Gasteiger partial charge in [0.1, 0.15) is 6.10 Å². The fourth-order valence-corrected chi connectivity index (χ4v) is 1.74. The maximum atomic E-state index is 9.74. The van der Waals surface area contributed by atoms with E-state index in [9.17, 15) is 5.11 Å². The Morgan fingerprint density at radius 2 is 2.00 bits per heavy atom. The standard InChI is InChI=1S/C12H22N2O3/c1-6-9(15)8(4)12-13-11(14-17-12)10(16-5)7(2)3/h7-10,15H,6H2,1-5H3. The number of methoxy groups -OCH3 is 1. The molecule has 0 spiro atoms. The first kappa shape index (κ1) is 14.1. The van der Waals surface area contributed by atoms with E-state index >= 15 is 0 Å². The summed E-state index contributed by atoms with van der Waals surface area (Å²) in [5.74, 6) is 1.15. The van der Waals surface area contributed by atoms with E-state index in [0.29, 0.717) is 18.1 Å². The van der Waals surface area contributed by atoms with E-state index in [0.717, 1.165) is 0 Å². The zero-order valence-electron chi connectivity index (χ0n) is 11.2. The van der Waals surface area contributed by atoms with Crippen molar-refractivity contribution in [2.75, 3.05) is 7.11 Å². The molecule has 1 heterocycles. The SMILES string of the molecule is CCC(O)C(C)c1nc(C(OC)C(C)C)no1. The topological polar surface area (TPSA) is 68.4 Å². The van der Waals surface area contributed by atoms with E-state index in [1.54, 1.807) is 7.11 Å². The number of aliphatic hydroxyl groups is 1. The molecule has 1 rings (SSSR count). The summed E-state index contributed by atoms with van der Waals surface area (Å²) in [4.78, 5) is 4.31. The second-order valence-electron chi connectivity index (χ2n) is 4.66. The first-order chi connectivity index (χ1) is 8.01. The Labute approximate surface area is 102 Å². The molecule has 3 unspecified atom stereocenters. The van der Waals surface area contributed by atoms with Gasteiger partial charge < -0.3 is 14.4 Å². The van der Waals surface area contributed by atoms with Crippen LogP contribution in [0.4, 0.5) is 0 Å². The molecule has 0 aliphatic carbocycles. The lowest BCUT2D eigenvalue weighted by Crippen LogP contribution is -2.15. The molecule has 1 aromatic rings. The van der Waals surface area contributed by atoms with Crippen molar-refractivity contribution < 1.29 is 14.4 Å². The molecule has 3 atom stereocenters. The van der Waals surface area contributed by atoms with Crippen LogP contribution in [0.2, 0.25) is 0 Å². The van der Waals surface area contributed by atoms with Gasteiger partial charge in [-0.2, -0.15) is 4.98 Å². The average molecular weight is 242 g/mol. The van der Waals surface area contributed by atoms with Crippen LogP contribution in [0.1, 0.15) is 57.9 Å². The van der Waals surface area contributed by atoms with E-state index in [2.05, 4.69) is 10.1 Å². The van der Waals surface area contributed by atoms with Crippen molar-refractivity contribution >= 4 is 0 Å². The Kier molecular flexibility index (Phi) is 5.08. The number of hydrogen-bond donors (Lipinski definition) is 1. The summed E-state index contributed by atoms with van der Waals surface area (Å²) in [6.07, 6.45) is 0.0401. The molecular formula is C12H22N2O3. The minimum Gasteiger partial charge on any atom is -0.392 e. The van der Waals surface area contributed by atoms with Crippen LogP contribution < -0.4 is 0 Å². The zero-order valence-corrected chi connectivity index (χ0v) is 11.2. The van der Waals surface area contributed by atoms with Gasteiger partial charge in [0.15, 0.2) is 0 Å². The average Bonchev–Trinajstić information content (AvgIpc) is 2.76. The summed E-state index contributed by atoms with van der Waals surface area (Å²) in [5.41, 5.74) is 0. The van der Waals surface area contributed by atoms with Crippen molar-refractivity contribution in [2.24, 2.45) is 5.92 Å². The summed E-state index contributed by atoms with van der Waals surface area (Å²) in [7, 11) is 1.63. The lowest BCUT2D eigenvalue weighted by Gasteiger charge is -2.15. The summed E-state index contributed by atoms with van der Waals surface area (Å²) >= 11 is 0. The number of aliphatic hydroxyl groups excluding tert-OH is 1. The summed E-state index contributed by atoms with van der Waals surface area (Å²) < 4.78 is 10.5. The summed E-state index contributed by atoms with van der Waals surface area (Å²) in [6, 6.07) is 0. The Balaban J connectivity index is 2.83. The molecule has 17 heavy (non-hydrogen) atoms. The largest absolute Gasteiger partial charge is 0.392 e. The lowest BCUT2D eigenvalue weighted by molar-refractivity contribution is 0.0555. The number of hydrogen-bond acceptors (Lipinski definition) is 5. The highest BCUT2D eigenvalue weighted by Gasteiger charge is 2.25. The van der Waals surface area contributed by atoms with E-state index in [-0.39, 0.29) is 17.9 Å². The van der Waals surface area contributed by atoms with Gasteiger partial charge in [0.05, 0.1) is 12.0 Å². The van der Waals surface area contributed by atoms with Gasteiger partial charge in [-0.25, -0.2) is 0 Å². The summed E-state index contributed by atoms with van der Waals surface area (Å²) in [5, 5.41) is 13.7. The highest BCUT2D eigenvalue weighted by molar-refractivity contribution is 4.98. The monoisotopic (exact) mass is 242 g/mol. The Hall–Kier alpha value is -0.940. The van der Waals surface area contributed by atoms with Gasteiger partial charge in [0, 0.05) is 7.11 Å². The maximum Gasteiger partial charge on any atom is 0.232 e. The van der Waals surface area contributed by atoms with Gasteiger partial charge in [-0.05, 0) is 12.3 Å². The van der Waals surface area contributed by atoms with Crippen molar-refractivity contribution in [3.8, 4) is 0 Å². The predicted molar refractivity (Wildman–Crippen MR) is 63.6 cm³/mol. The molecule has 0 amide bonds. The van der Waals surface area contributed by atoms with Crippen LogP contribution in [0.3, 0.4) is 0 Å². The van der Waals surface area contributed by atoms with Gasteiger partial charge in [-0.3, -0.25) is 0 Å². The molecule has 1 aromatic heterocycles. The maximum absolute atomic E-state index is 9.74. The molecule has 5 heteroatoms. The second-order valence-corrected chi connectivity index (χ2v) is 4.66. The van der Waals surface area contributed by atoms with E-state index in [4.69, 9.17) is 9.26 Å². The van der Waals surface area contributed by atoms with Crippen molar-refractivity contribution in [1.29, 1.82) is 0 Å². The third-order valence-corrected chi connectivity index (χ3v) is 2.96. The first-order valence-corrected chi connectivity index (χ1v) is 6.05. The molecule has 0 aromatic carbocycles. The minimum atomic E-state index is -0.455. The van der Waals surface area contributed by atoms with E-state index in [1.807, 2.05) is 27.7 Å². The number of ether oxygens (including phenoxy) is 1. The number of aromatic nitrogens is 2.